The third-order valence-corrected chi connectivity index (χ3v) is 10.0. The van der Waals surface area contributed by atoms with E-state index in [1.807, 2.05) is 6.08 Å². The summed E-state index contributed by atoms with van der Waals surface area (Å²) in [6, 6.07) is 0. The van der Waals surface area contributed by atoms with E-state index in [2.05, 4.69) is 63.4 Å². The van der Waals surface area contributed by atoms with Crippen molar-refractivity contribution in [3.63, 3.8) is 0 Å². The maximum absolute atomic E-state index is 12.7. The summed E-state index contributed by atoms with van der Waals surface area (Å²) in [5.74, 6) is 0.278. The zero-order valence-electron chi connectivity index (χ0n) is 35.1. The topological polar surface area (TPSA) is 82.1 Å². The van der Waals surface area contributed by atoms with Gasteiger partial charge in [0.15, 0.2) is 0 Å². The highest BCUT2D eigenvalue weighted by Gasteiger charge is 2.15. The van der Waals surface area contributed by atoms with Gasteiger partial charge in [-0.3, -0.25) is 14.4 Å². The maximum atomic E-state index is 12.7. The molecular weight excluding hydrogens is 663 g/mol. The normalized spacial score (nSPS) is 12.6. The monoisotopic (exact) mass is 744 g/mol. The van der Waals surface area contributed by atoms with E-state index < -0.39 is 0 Å². The average Bonchev–Trinajstić information content (AvgIpc) is 3.13. The fourth-order valence-electron chi connectivity index (χ4n) is 6.47. The first-order valence-corrected chi connectivity index (χ1v) is 21.8. The van der Waals surface area contributed by atoms with Crippen LogP contribution < -0.4 is 0 Å². The van der Waals surface area contributed by atoms with Gasteiger partial charge in [0.25, 0.3) is 0 Å². The molecule has 0 spiro atoms. The third-order valence-electron chi connectivity index (χ3n) is 10.0. The molecule has 0 heterocycles. The summed E-state index contributed by atoms with van der Waals surface area (Å²) in [6.07, 6.45) is 28.0. The van der Waals surface area contributed by atoms with E-state index in [0.717, 1.165) is 142 Å². The molecule has 7 nitrogen and oxygen atoms in total. The van der Waals surface area contributed by atoms with Gasteiger partial charge in [-0.25, -0.2) is 0 Å². The lowest BCUT2D eigenvalue weighted by molar-refractivity contribution is -0.150. The lowest BCUT2D eigenvalue weighted by Gasteiger charge is -2.19. The molecule has 0 aliphatic rings. The molecule has 3 unspecified atom stereocenters. The zero-order valence-corrected chi connectivity index (χ0v) is 35.1. The van der Waals surface area contributed by atoms with Gasteiger partial charge in [0.05, 0.1) is 19.6 Å². The molecule has 0 radical (unpaired) electrons. The average molecular weight is 744 g/mol. The molecule has 0 aromatic heterocycles. The van der Waals surface area contributed by atoms with Gasteiger partial charge in [0.1, 0.15) is 6.10 Å². The van der Waals surface area contributed by atoms with E-state index in [9.17, 15) is 14.4 Å². The lowest BCUT2D eigenvalue weighted by Crippen LogP contribution is -2.22. The van der Waals surface area contributed by atoms with Crippen molar-refractivity contribution >= 4 is 17.9 Å². The Morgan fingerprint density at radius 3 is 1.70 bits per heavy atom. The van der Waals surface area contributed by atoms with Crippen molar-refractivity contribution in [1.29, 1.82) is 0 Å². The fraction of sp³-hybridized carbons (Fsp3) is 0.826. The molecule has 53 heavy (non-hydrogen) atoms. The van der Waals surface area contributed by atoms with Gasteiger partial charge in [0.2, 0.25) is 0 Å². The predicted octanol–water partition coefficient (Wildman–Crippen LogP) is 12.0. The molecule has 0 saturated carbocycles. The van der Waals surface area contributed by atoms with Gasteiger partial charge >= 0.3 is 17.9 Å². The molecule has 0 aromatic rings. The van der Waals surface area contributed by atoms with Crippen molar-refractivity contribution in [2.75, 3.05) is 33.4 Å². The van der Waals surface area contributed by atoms with Crippen molar-refractivity contribution in [3.8, 4) is 0 Å². The second kappa shape index (κ2) is 37.8. The summed E-state index contributed by atoms with van der Waals surface area (Å²) < 4.78 is 17.0. The van der Waals surface area contributed by atoms with Gasteiger partial charge in [0, 0.05) is 12.8 Å². The molecule has 0 amide bonds. The first-order chi connectivity index (χ1) is 25.7. The van der Waals surface area contributed by atoms with Gasteiger partial charge < -0.3 is 19.1 Å². The van der Waals surface area contributed by atoms with Gasteiger partial charge in [-0.1, -0.05) is 135 Å². The molecular formula is C46H81NO6. The Morgan fingerprint density at radius 2 is 1.15 bits per heavy atom. The molecule has 0 fully saturated rings. The Morgan fingerprint density at radius 1 is 0.642 bits per heavy atom. The van der Waals surface area contributed by atoms with E-state index in [0.29, 0.717) is 38.4 Å². The van der Waals surface area contributed by atoms with E-state index in [-0.39, 0.29) is 29.9 Å². The summed E-state index contributed by atoms with van der Waals surface area (Å²) in [6.45, 7) is 15.1. The van der Waals surface area contributed by atoms with Crippen molar-refractivity contribution in [3.05, 3.63) is 29.8 Å². The second-order valence-electron chi connectivity index (χ2n) is 15.3. The van der Waals surface area contributed by atoms with Crippen LogP contribution in [0.2, 0.25) is 0 Å². The molecule has 0 N–H and O–H groups in total. The minimum Gasteiger partial charge on any atom is -0.466 e. The number of carbonyl (C=O) groups excluding carboxylic acids is 3. The number of carbonyl (C=O) groups is 3. The maximum Gasteiger partial charge on any atom is 0.306 e. The molecule has 0 aromatic carbocycles. The minimum atomic E-state index is -0.138. The van der Waals surface area contributed by atoms with E-state index in [1.165, 1.54) is 19.3 Å². The van der Waals surface area contributed by atoms with Crippen LogP contribution >= 0.6 is 0 Å². The van der Waals surface area contributed by atoms with Crippen molar-refractivity contribution in [2.24, 2.45) is 11.8 Å². The van der Waals surface area contributed by atoms with E-state index >= 15 is 0 Å². The molecule has 306 valence electrons. The molecule has 3 atom stereocenters. The number of unbranched alkanes of at least 4 members (excludes halogenated alkanes) is 14. The van der Waals surface area contributed by atoms with Gasteiger partial charge in [-0.15, -0.1) is 0 Å². The molecule has 0 bridgehead atoms. The van der Waals surface area contributed by atoms with Gasteiger partial charge in [-0.05, 0) is 102 Å². The van der Waals surface area contributed by atoms with E-state index in [1.54, 1.807) is 0 Å². The predicted molar refractivity (Wildman–Crippen MR) is 220 cm³/mol. The van der Waals surface area contributed by atoms with Crippen LogP contribution in [-0.4, -0.2) is 62.3 Å². The summed E-state index contributed by atoms with van der Waals surface area (Å²) in [7, 11) is 2.08. The van der Waals surface area contributed by atoms with Crippen LogP contribution in [0.5, 0.6) is 0 Å². The second-order valence-corrected chi connectivity index (χ2v) is 15.3. The standard InChI is InChI=1S/C46H81NO6/c1-7-11-22-30-41(5)39-45(49)51-37-27-20-16-14-18-25-33-43(53-44(48)35-29-36-47(6)10-4)34-26-19-15-17-21-28-38-52-46(50)40-42(31-23-12-8-2)32-24-13-9-3/h31,41-43H,2,7,9-11,13-22,24-30,32-40H2,1,3-6H3. The minimum absolute atomic E-state index is 0.00137. The van der Waals surface area contributed by atoms with Gasteiger partial charge in [-0.2, -0.15) is 0 Å². The largest absolute Gasteiger partial charge is 0.466 e. The number of allylic oxidation sites excluding steroid dienone is 1. The lowest BCUT2D eigenvalue weighted by atomic mass is 9.98. The van der Waals surface area contributed by atoms with Crippen molar-refractivity contribution < 1.29 is 28.6 Å². The highest BCUT2D eigenvalue weighted by molar-refractivity contribution is 5.70. The smallest absolute Gasteiger partial charge is 0.306 e. The highest BCUT2D eigenvalue weighted by atomic mass is 16.5. The van der Waals surface area contributed by atoms with Crippen molar-refractivity contribution in [1.82, 2.24) is 4.90 Å². The Hall–Kier alpha value is -2.55. The van der Waals surface area contributed by atoms with Crippen LogP contribution in [-0.2, 0) is 28.6 Å². The van der Waals surface area contributed by atoms with Crippen LogP contribution in [0, 0.1) is 11.8 Å². The highest BCUT2D eigenvalue weighted by Crippen LogP contribution is 2.19. The number of esters is 3. The Kier molecular flexibility index (Phi) is 35.9. The fourth-order valence-corrected chi connectivity index (χ4v) is 6.47. The number of hydrogen-bond acceptors (Lipinski definition) is 7. The van der Waals surface area contributed by atoms with Crippen LogP contribution in [0.4, 0.5) is 0 Å². The Bertz CT molecular complexity index is 1020. The summed E-state index contributed by atoms with van der Waals surface area (Å²) in [5, 5.41) is 0. The molecule has 0 saturated heterocycles. The number of ether oxygens (including phenoxy) is 3. The van der Waals surface area contributed by atoms with E-state index in [4.69, 9.17) is 14.2 Å². The number of rotatable bonds is 37. The molecule has 7 heteroatoms. The van der Waals surface area contributed by atoms with Crippen molar-refractivity contribution in [2.45, 2.75) is 201 Å². The number of nitrogens with zero attached hydrogens (tertiary/aromatic N) is 1. The molecule has 0 aliphatic carbocycles. The Labute approximate surface area is 326 Å². The molecule has 0 rings (SSSR count). The Balaban J connectivity index is 4.32. The summed E-state index contributed by atoms with van der Waals surface area (Å²) >= 11 is 0. The zero-order chi connectivity index (χ0) is 39.2. The third kappa shape index (κ3) is 34.9. The number of hydrogen-bond donors (Lipinski definition) is 0. The van der Waals surface area contributed by atoms with Crippen LogP contribution in [0.3, 0.4) is 0 Å². The molecule has 0 aliphatic heterocycles. The van der Waals surface area contributed by atoms with Crippen LogP contribution in [0.15, 0.2) is 29.8 Å². The first-order valence-electron chi connectivity index (χ1n) is 21.8. The van der Waals surface area contributed by atoms with Crippen LogP contribution in [0.1, 0.15) is 195 Å². The quantitative estimate of drug-likeness (QED) is 0.0271. The SMILES string of the molecule is C=C=C=C=CC(CCCCC)CC(=O)OCCCCCCCCC(CCCCCCCCOC(=O)CC(C)CCCCC)OC(=O)CCCN(C)CC. The first kappa shape index (κ1) is 50.5. The van der Waals surface area contributed by atoms with Crippen LogP contribution in [0.25, 0.3) is 0 Å². The summed E-state index contributed by atoms with van der Waals surface area (Å²) in [5.41, 5.74) is 8.24. The summed E-state index contributed by atoms with van der Waals surface area (Å²) in [4.78, 5) is 39.4.